The van der Waals surface area contributed by atoms with Crippen molar-refractivity contribution in [1.82, 2.24) is 9.97 Å². The summed E-state index contributed by atoms with van der Waals surface area (Å²) in [7, 11) is 0. The Morgan fingerprint density at radius 2 is 2.06 bits per heavy atom. The molecule has 16 heavy (non-hydrogen) atoms. The van der Waals surface area contributed by atoms with Crippen LogP contribution in [-0.2, 0) is 5.54 Å². The lowest BCUT2D eigenvalue weighted by Gasteiger charge is -2.09. The molecule has 0 aliphatic heterocycles. The lowest BCUT2D eigenvalue weighted by atomic mass is 10.2. The van der Waals surface area contributed by atoms with Crippen LogP contribution < -0.4 is 5.73 Å². The number of rotatable bonds is 1. The molecule has 1 aromatic heterocycles. The SMILES string of the molecule is NC1(c2nc(Cl)c3cc(F)ccc3n2)CC1. The van der Waals surface area contributed by atoms with Crippen molar-refractivity contribution in [3.05, 3.63) is 35.0 Å². The predicted molar refractivity (Wildman–Crippen MR) is 59.6 cm³/mol. The number of hydrogen-bond donors (Lipinski definition) is 1. The van der Waals surface area contributed by atoms with Gasteiger partial charge in [0.15, 0.2) is 5.82 Å². The lowest BCUT2D eigenvalue weighted by Crippen LogP contribution is -2.22. The molecule has 3 nitrogen and oxygen atoms in total. The van der Waals surface area contributed by atoms with Crippen LogP contribution in [-0.4, -0.2) is 9.97 Å². The van der Waals surface area contributed by atoms with Crippen molar-refractivity contribution in [2.45, 2.75) is 18.4 Å². The third-order valence-corrected chi connectivity index (χ3v) is 3.13. The molecule has 82 valence electrons. The number of halogens is 2. The van der Waals surface area contributed by atoms with Gasteiger partial charge in [-0.25, -0.2) is 14.4 Å². The van der Waals surface area contributed by atoms with Gasteiger partial charge < -0.3 is 5.73 Å². The maximum absolute atomic E-state index is 13.0. The first kappa shape index (κ1) is 9.93. The van der Waals surface area contributed by atoms with E-state index in [1.54, 1.807) is 6.07 Å². The van der Waals surface area contributed by atoms with Gasteiger partial charge in [-0.15, -0.1) is 0 Å². The lowest BCUT2D eigenvalue weighted by molar-refractivity contribution is 0.629. The zero-order valence-corrected chi connectivity index (χ0v) is 9.13. The van der Waals surface area contributed by atoms with Gasteiger partial charge in [-0.2, -0.15) is 0 Å². The average molecular weight is 238 g/mol. The van der Waals surface area contributed by atoms with E-state index in [0.29, 0.717) is 16.7 Å². The largest absolute Gasteiger partial charge is 0.319 e. The maximum atomic E-state index is 13.0. The van der Waals surface area contributed by atoms with Gasteiger partial charge >= 0.3 is 0 Å². The summed E-state index contributed by atoms with van der Waals surface area (Å²) < 4.78 is 13.0. The summed E-state index contributed by atoms with van der Waals surface area (Å²) in [5.41, 5.74) is 6.21. The van der Waals surface area contributed by atoms with Gasteiger partial charge in [-0.3, -0.25) is 0 Å². The quantitative estimate of drug-likeness (QED) is 0.775. The average Bonchev–Trinajstić information content (AvgIpc) is 2.99. The highest BCUT2D eigenvalue weighted by Crippen LogP contribution is 2.41. The van der Waals surface area contributed by atoms with Crippen molar-refractivity contribution in [2.24, 2.45) is 5.73 Å². The van der Waals surface area contributed by atoms with Crippen LogP contribution in [0.3, 0.4) is 0 Å². The summed E-state index contributed by atoms with van der Waals surface area (Å²) in [4.78, 5) is 8.46. The van der Waals surface area contributed by atoms with Crippen LogP contribution in [0.15, 0.2) is 18.2 Å². The van der Waals surface area contributed by atoms with Crippen LogP contribution in [0, 0.1) is 5.82 Å². The van der Waals surface area contributed by atoms with E-state index in [-0.39, 0.29) is 11.0 Å². The number of hydrogen-bond acceptors (Lipinski definition) is 3. The molecule has 1 aliphatic rings. The minimum Gasteiger partial charge on any atom is -0.319 e. The smallest absolute Gasteiger partial charge is 0.150 e. The van der Waals surface area contributed by atoms with Crippen molar-refractivity contribution in [3.63, 3.8) is 0 Å². The highest BCUT2D eigenvalue weighted by molar-refractivity contribution is 6.34. The molecule has 1 aromatic carbocycles. The van der Waals surface area contributed by atoms with Gasteiger partial charge in [0, 0.05) is 5.39 Å². The molecule has 1 fully saturated rings. The maximum Gasteiger partial charge on any atom is 0.150 e. The first-order valence-electron chi connectivity index (χ1n) is 5.01. The Bertz CT molecular complexity index is 581. The van der Waals surface area contributed by atoms with Gasteiger partial charge in [0.25, 0.3) is 0 Å². The first-order valence-corrected chi connectivity index (χ1v) is 5.38. The summed E-state index contributed by atoms with van der Waals surface area (Å²) in [6, 6.07) is 4.27. The summed E-state index contributed by atoms with van der Waals surface area (Å²) in [5, 5.41) is 0.783. The highest BCUT2D eigenvalue weighted by Gasteiger charge is 2.43. The molecular weight excluding hydrogens is 229 g/mol. The molecule has 0 amide bonds. The van der Waals surface area contributed by atoms with E-state index >= 15 is 0 Å². The molecule has 1 saturated carbocycles. The van der Waals surface area contributed by atoms with Crippen molar-refractivity contribution >= 4 is 22.5 Å². The number of fused-ring (bicyclic) bond motifs is 1. The van der Waals surface area contributed by atoms with Crippen molar-refractivity contribution < 1.29 is 4.39 Å². The van der Waals surface area contributed by atoms with Crippen molar-refractivity contribution in [3.8, 4) is 0 Å². The van der Waals surface area contributed by atoms with Crippen LogP contribution in [0.4, 0.5) is 4.39 Å². The van der Waals surface area contributed by atoms with Crippen LogP contribution in [0.2, 0.25) is 5.15 Å². The molecule has 2 aromatic rings. The van der Waals surface area contributed by atoms with Gasteiger partial charge in [-0.1, -0.05) is 11.6 Å². The second-order valence-corrected chi connectivity index (χ2v) is 4.51. The molecule has 2 N–H and O–H groups in total. The second-order valence-electron chi connectivity index (χ2n) is 4.16. The standard InChI is InChI=1S/C11H9ClFN3/c12-9-7-5-6(13)1-2-8(7)15-10(16-9)11(14)3-4-11/h1-2,5H,3-4,14H2. The van der Waals surface area contributed by atoms with Gasteiger partial charge in [0.2, 0.25) is 0 Å². The van der Waals surface area contributed by atoms with E-state index in [0.717, 1.165) is 12.8 Å². The molecule has 1 heterocycles. The summed E-state index contributed by atoms with van der Waals surface area (Å²) in [6.45, 7) is 0. The summed E-state index contributed by atoms with van der Waals surface area (Å²) in [6.07, 6.45) is 1.74. The van der Waals surface area contributed by atoms with Crippen LogP contribution >= 0.6 is 11.6 Å². The molecule has 0 bridgehead atoms. The zero-order chi connectivity index (χ0) is 11.3. The number of nitrogens with two attached hydrogens (primary N) is 1. The van der Waals surface area contributed by atoms with E-state index in [9.17, 15) is 4.39 Å². The van der Waals surface area contributed by atoms with Crippen LogP contribution in [0.1, 0.15) is 18.7 Å². The molecule has 0 radical (unpaired) electrons. The molecule has 0 atom stereocenters. The predicted octanol–water partition coefficient (Wildman–Crippen LogP) is 2.37. The second kappa shape index (κ2) is 3.12. The molecule has 0 spiro atoms. The van der Waals surface area contributed by atoms with Crippen LogP contribution in [0.5, 0.6) is 0 Å². The Balaban J connectivity index is 2.26. The molecule has 5 heteroatoms. The number of nitrogens with zero attached hydrogens (tertiary/aromatic N) is 2. The molecule has 0 saturated heterocycles. The Kier molecular flexibility index (Phi) is 1.94. The van der Waals surface area contributed by atoms with Crippen LogP contribution in [0.25, 0.3) is 10.9 Å². The zero-order valence-electron chi connectivity index (χ0n) is 8.37. The van der Waals surface area contributed by atoms with Crippen molar-refractivity contribution in [1.29, 1.82) is 0 Å². The topological polar surface area (TPSA) is 51.8 Å². The van der Waals surface area contributed by atoms with E-state index < -0.39 is 5.54 Å². The van der Waals surface area contributed by atoms with Gasteiger partial charge in [0.05, 0.1) is 11.1 Å². The molecular formula is C11H9ClFN3. The van der Waals surface area contributed by atoms with Crippen molar-refractivity contribution in [2.75, 3.05) is 0 Å². The van der Waals surface area contributed by atoms with E-state index in [1.165, 1.54) is 12.1 Å². The third kappa shape index (κ3) is 1.45. The van der Waals surface area contributed by atoms with Gasteiger partial charge in [0.1, 0.15) is 11.0 Å². The fourth-order valence-corrected chi connectivity index (χ4v) is 1.88. The van der Waals surface area contributed by atoms with E-state index in [4.69, 9.17) is 17.3 Å². The normalized spacial score (nSPS) is 17.7. The Morgan fingerprint density at radius 1 is 1.31 bits per heavy atom. The third-order valence-electron chi connectivity index (χ3n) is 2.85. The monoisotopic (exact) mass is 237 g/mol. The molecule has 3 rings (SSSR count). The van der Waals surface area contributed by atoms with Gasteiger partial charge in [-0.05, 0) is 31.0 Å². The summed E-state index contributed by atoms with van der Waals surface area (Å²) in [5.74, 6) is 0.205. The Labute approximate surface area is 96.5 Å². The number of aromatic nitrogens is 2. The van der Waals surface area contributed by atoms with E-state index in [2.05, 4.69) is 9.97 Å². The van der Waals surface area contributed by atoms with E-state index in [1.807, 2.05) is 0 Å². The Morgan fingerprint density at radius 3 is 2.75 bits per heavy atom. The summed E-state index contributed by atoms with van der Waals surface area (Å²) >= 11 is 5.99. The Hall–Kier alpha value is -1.26. The fourth-order valence-electron chi connectivity index (χ4n) is 1.64. The first-order chi connectivity index (χ1) is 7.58. The minimum atomic E-state index is -0.424. The number of benzene rings is 1. The highest BCUT2D eigenvalue weighted by atomic mass is 35.5. The molecule has 1 aliphatic carbocycles. The fraction of sp³-hybridized carbons (Fsp3) is 0.273. The minimum absolute atomic E-state index is 0.260. The molecule has 0 unspecified atom stereocenters.